The molecule has 0 aromatic carbocycles. The maximum Gasteiger partial charge on any atom is 0.220 e. The van der Waals surface area contributed by atoms with E-state index in [9.17, 15) is 4.79 Å². The van der Waals surface area contributed by atoms with Gasteiger partial charge < -0.3 is 5.32 Å². The minimum absolute atomic E-state index is 0.206. The van der Waals surface area contributed by atoms with E-state index in [-0.39, 0.29) is 11.3 Å². The predicted molar refractivity (Wildman–Crippen MR) is 62.6 cm³/mol. The summed E-state index contributed by atoms with van der Waals surface area (Å²) < 4.78 is 0. The van der Waals surface area contributed by atoms with Crippen molar-refractivity contribution in [1.82, 2.24) is 5.32 Å². The Bertz CT molecular complexity index is 201. The molecule has 0 aromatic heterocycles. The van der Waals surface area contributed by atoms with Crippen LogP contribution in [0.25, 0.3) is 0 Å². The largest absolute Gasteiger partial charge is 0.354 e. The van der Waals surface area contributed by atoms with Gasteiger partial charge in [-0.05, 0) is 37.4 Å². The summed E-state index contributed by atoms with van der Waals surface area (Å²) in [5.74, 6) is 1.06. The molecule has 1 aliphatic carbocycles. The monoisotopic (exact) mass is 215 g/mol. The summed E-state index contributed by atoms with van der Waals surface area (Å²) in [6, 6.07) is 0.322. The van der Waals surface area contributed by atoms with Gasteiger partial charge in [0.05, 0.1) is 0 Å². The normalized spacial score (nSPS) is 20.2. The maximum absolute atomic E-state index is 11.6. The van der Waals surface area contributed by atoms with E-state index in [1.807, 2.05) is 0 Å². The zero-order valence-corrected chi connectivity index (χ0v) is 10.1. The van der Waals surface area contributed by atoms with E-state index in [0.29, 0.717) is 12.5 Å². The number of hydrogen-bond acceptors (Lipinski definition) is 2. The van der Waals surface area contributed by atoms with E-state index < -0.39 is 0 Å². The fraction of sp³-hybridized carbons (Fsp3) is 0.909. The van der Waals surface area contributed by atoms with Gasteiger partial charge in [-0.3, -0.25) is 4.79 Å². The summed E-state index contributed by atoms with van der Waals surface area (Å²) in [6.07, 6.45) is 5.21. The molecule has 14 heavy (non-hydrogen) atoms. The first-order chi connectivity index (χ1) is 6.62. The van der Waals surface area contributed by atoms with Gasteiger partial charge in [-0.25, -0.2) is 0 Å². The highest BCUT2D eigenvalue weighted by molar-refractivity contribution is 7.80. The van der Waals surface area contributed by atoms with Crippen molar-refractivity contribution in [3.8, 4) is 0 Å². The molecule has 1 amide bonds. The zero-order chi connectivity index (χ0) is 10.6. The summed E-state index contributed by atoms with van der Waals surface area (Å²) in [5.41, 5.74) is 0.249. The summed E-state index contributed by atoms with van der Waals surface area (Å²) in [7, 11) is 0. The number of nitrogens with one attached hydrogen (secondary N) is 1. The second-order valence-corrected chi connectivity index (χ2v) is 4.91. The maximum atomic E-state index is 11.6. The first kappa shape index (κ1) is 11.9. The Hall–Kier alpha value is -0.180. The first-order valence-electron chi connectivity index (χ1n) is 5.52. The number of carbonyl (C=O) groups excluding carboxylic acids is 1. The third-order valence-electron chi connectivity index (χ3n) is 2.96. The van der Waals surface area contributed by atoms with E-state index in [1.165, 1.54) is 12.8 Å². The summed E-state index contributed by atoms with van der Waals surface area (Å²) in [5, 5.41) is 3.04. The Morgan fingerprint density at radius 2 is 2.21 bits per heavy atom. The second-order valence-electron chi connectivity index (χ2n) is 4.59. The van der Waals surface area contributed by atoms with Crippen molar-refractivity contribution in [2.45, 2.75) is 52.0 Å². The molecule has 0 radical (unpaired) electrons. The van der Waals surface area contributed by atoms with Crippen LogP contribution in [0.5, 0.6) is 0 Å². The molecule has 1 saturated carbocycles. The lowest BCUT2D eigenvalue weighted by Gasteiger charge is -2.16. The van der Waals surface area contributed by atoms with Gasteiger partial charge in [0.25, 0.3) is 0 Å². The fourth-order valence-electron chi connectivity index (χ4n) is 1.74. The molecule has 1 N–H and O–H groups in total. The first-order valence-corrected chi connectivity index (χ1v) is 6.15. The Labute approximate surface area is 92.2 Å². The SMILES string of the molecule is CCCC(C)NC(=O)CC1(CS)CC1. The number of carbonyl (C=O) groups is 1. The van der Waals surface area contributed by atoms with Crippen molar-refractivity contribution >= 4 is 18.5 Å². The zero-order valence-electron chi connectivity index (χ0n) is 9.18. The van der Waals surface area contributed by atoms with Crippen LogP contribution in [-0.2, 0) is 4.79 Å². The fourth-order valence-corrected chi connectivity index (χ4v) is 2.17. The molecule has 1 fully saturated rings. The van der Waals surface area contributed by atoms with Crippen LogP contribution in [0.15, 0.2) is 0 Å². The number of thiol groups is 1. The number of amides is 1. The van der Waals surface area contributed by atoms with Crippen LogP contribution in [0.2, 0.25) is 0 Å². The van der Waals surface area contributed by atoms with Crippen molar-refractivity contribution < 1.29 is 4.79 Å². The molecule has 82 valence electrons. The van der Waals surface area contributed by atoms with Crippen molar-refractivity contribution in [1.29, 1.82) is 0 Å². The quantitative estimate of drug-likeness (QED) is 0.655. The summed E-state index contributed by atoms with van der Waals surface area (Å²) >= 11 is 4.29. The van der Waals surface area contributed by atoms with Gasteiger partial charge in [0, 0.05) is 12.5 Å². The van der Waals surface area contributed by atoms with Gasteiger partial charge in [0.2, 0.25) is 5.91 Å². The Morgan fingerprint density at radius 1 is 1.57 bits per heavy atom. The molecule has 0 spiro atoms. The highest BCUT2D eigenvalue weighted by Crippen LogP contribution is 2.49. The van der Waals surface area contributed by atoms with Gasteiger partial charge in [-0.1, -0.05) is 13.3 Å². The molecular formula is C11H21NOS. The van der Waals surface area contributed by atoms with Crippen LogP contribution in [0.1, 0.15) is 46.0 Å². The van der Waals surface area contributed by atoms with Crippen molar-refractivity contribution in [3.05, 3.63) is 0 Å². The van der Waals surface area contributed by atoms with Gasteiger partial charge in [0.1, 0.15) is 0 Å². The van der Waals surface area contributed by atoms with E-state index in [4.69, 9.17) is 0 Å². The molecule has 1 rings (SSSR count). The Balaban J connectivity index is 2.22. The minimum atomic E-state index is 0.206. The summed E-state index contributed by atoms with van der Waals surface area (Å²) in [6.45, 7) is 4.21. The molecule has 0 bridgehead atoms. The van der Waals surface area contributed by atoms with E-state index in [2.05, 4.69) is 31.8 Å². The molecule has 1 aliphatic rings. The van der Waals surface area contributed by atoms with Gasteiger partial charge in [-0.2, -0.15) is 12.6 Å². The van der Waals surface area contributed by atoms with Crippen LogP contribution >= 0.6 is 12.6 Å². The van der Waals surface area contributed by atoms with E-state index in [1.54, 1.807) is 0 Å². The molecule has 0 aliphatic heterocycles. The van der Waals surface area contributed by atoms with Crippen LogP contribution < -0.4 is 5.32 Å². The van der Waals surface area contributed by atoms with Gasteiger partial charge in [-0.15, -0.1) is 0 Å². The molecule has 0 saturated heterocycles. The molecule has 1 atom stereocenters. The average molecular weight is 215 g/mol. The lowest BCUT2D eigenvalue weighted by Crippen LogP contribution is -2.34. The van der Waals surface area contributed by atoms with E-state index >= 15 is 0 Å². The molecule has 0 heterocycles. The van der Waals surface area contributed by atoms with E-state index in [0.717, 1.165) is 18.6 Å². The minimum Gasteiger partial charge on any atom is -0.354 e. The lowest BCUT2D eigenvalue weighted by atomic mass is 10.0. The van der Waals surface area contributed by atoms with Gasteiger partial charge in [0.15, 0.2) is 0 Å². The molecule has 3 heteroatoms. The smallest absolute Gasteiger partial charge is 0.220 e. The Morgan fingerprint density at radius 3 is 2.64 bits per heavy atom. The van der Waals surface area contributed by atoms with Crippen LogP contribution in [0.4, 0.5) is 0 Å². The highest BCUT2D eigenvalue weighted by Gasteiger charge is 2.42. The van der Waals surface area contributed by atoms with Crippen LogP contribution in [0, 0.1) is 5.41 Å². The molecular weight excluding hydrogens is 194 g/mol. The standard InChI is InChI=1S/C11H21NOS/c1-3-4-9(2)12-10(13)7-11(8-14)5-6-11/h9,14H,3-8H2,1-2H3,(H,12,13). The van der Waals surface area contributed by atoms with Crippen molar-refractivity contribution in [2.75, 3.05) is 5.75 Å². The van der Waals surface area contributed by atoms with Crippen molar-refractivity contribution in [2.24, 2.45) is 5.41 Å². The Kier molecular flexibility index (Phi) is 4.30. The second kappa shape index (κ2) is 5.06. The number of hydrogen-bond donors (Lipinski definition) is 2. The van der Waals surface area contributed by atoms with Crippen molar-refractivity contribution in [3.63, 3.8) is 0 Å². The molecule has 0 aromatic rings. The third kappa shape index (κ3) is 3.52. The molecule has 1 unspecified atom stereocenters. The lowest BCUT2D eigenvalue weighted by molar-refractivity contribution is -0.122. The third-order valence-corrected chi connectivity index (χ3v) is 3.63. The molecule has 2 nitrogen and oxygen atoms in total. The summed E-state index contributed by atoms with van der Waals surface area (Å²) in [4.78, 5) is 11.6. The van der Waals surface area contributed by atoms with Gasteiger partial charge >= 0.3 is 0 Å². The average Bonchev–Trinajstić information content (AvgIpc) is 2.85. The predicted octanol–water partition coefficient (Wildman–Crippen LogP) is 2.39. The van der Waals surface area contributed by atoms with Crippen LogP contribution in [-0.4, -0.2) is 17.7 Å². The van der Waals surface area contributed by atoms with Crippen LogP contribution in [0.3, 0.4) is 0 Å². The highest BCUT2D eigenvalue weighted by atomic mass is 32.1. The number of rotatable bonds is 6. The topological polar surface area (TPSA) is 29.1 Å².